The van der Waals surface area contributed by atoms with Crippen LogP contribution in [-0.4, -0.2) is 32.2 Å². The van der Waals surface area contributed by atoms with E-state index >= 15 is 0 Å². The van der Waals surface area contributed by atoms with Gasteiger partial charge in [-0.3, -0.25) is 4.79 Å². The maximum atomic E-state index is 11.6. The van der Waals surface area contributed by atoms with Gasteiger partial charge in [0.1, 0.15) is 5.52 Å². The van der Waals surface area contributed by atoms with Gasteiger partial charge in [0.2, 0.25) is 0 Å². The van der Waals surface area contributed by atoms with Gasteiger partial charge >= 0.3 is 5.97 Å². The van der Waals surface area contributed by atoms with Crippen molar-refractivity contribution in [2.75, 3.05) is 11.9 Å². The minimum Gasteiger partial charge on any atom is -0.481 e. The largest absolute Gasteiger partial charge is 0.481 e. The Hall–Kier alpha value is -2.11. The number of nitrogens with zero attached hydrogens (tertiary/aromatic N) is 3. The summed E-state index contributed by atoms with van der Waals surface area (Å²) in [6.07, 6.45) is 9.71. The average molecular weight is 274 g/mol. The molecule has 6 nitrogen and oxygen atoms in total. The van der Waals surface area contributed by atoms with E-state index in [2.05, 4.69) is 15.4 Å². The first kappa shape index (κ1) is 12.9. The molecule has 0 bridgehead atoms. The third-order valence-electron chi connectivity index (χ3n) is 4.18. The van der Waals surface area contributed by atoms with Crippen LogP contribution in [0, 0.1) is 5.41 Å². The van der Waals surface area contributed by atoms with Gasteiger partial charge in [-0.25, -0.2) is 9.50 Å². The lowest BCUT2D eigenvalue weighted by Crippen LogP contribution is -2.39. The Labute approximate surface area is 116 Å². The standard InChI is InChI=1S/C14H18N4O2/c19-13(20)14(5-2-1-3-6-14)10-16-12-11-4-7-17-18(11)9-8-15-12/h4,7-9H,1-3,5-6,10H2,(H,15,16)(H,19,20). The van der Waals surface area contributed by atoms with Crippen molar-refractivity contribution in [2.45, 2.75) is 32.1 Å². The number of hydrogen-bond acceptors (Lipinski definition) is 4. The molecule has 20 heavy (non-hydrogen) atoms. The highest BCUT2D eigenvalue weighted by Crippen LogP contribution is 2.36. The highest BCUT2D eigenvalue weighted by Gasteiger charge is 2.39. The van der Waals surface area contributed by atoms with Crippen LogP contribution in [0.1, 0.15) is 32.1 Å². The van der Waals surface area contributed by atoms with E-state index in [4.69, 9.17) is 0 Å². The Balaban J connectivity index is 1.80. The van der Waals surface area contributed by atoms with Gasteiger partial charge in [-0.2, -0.15) is 5.10 Å². The summed E-state index contributed by atoms with van der Waals surface area (Å²) < 4.78 is 1.73. The number of carbonyl (C=O) groups is 1. The Bertz CT molecular complexity index is 616. The van der Waals surface area contributed by atoms with Crippen molar-refractivity contribution in [3.8, 4) is 0 Å². The molecular formula is C14H18N4O2. The average Bonchev–Trinajstić information content (AvgIpc) is 2.95. The second-order valence-corrected chi connectivity index (χ2v) is 5.44. The minimum atomic E-state index is -0.704. The number of aromatic nitrogens is 3. The van der Waals surface area contributed by atoms with Crippen molar-refractivity contribution in [3.05, 3.63) is 24.7 Å². The number of aliphatic carboxylic acids is 1. The normalized spacial score (nSPS) is 18.0. The monoisotopic (exact) mass is 274 g/mol. The van der Waals surface area contributed by atoms with Crippen molar-refractivity contribution < 1.29 is 9.90 Å². The summed E-state index contributed by atoms with van der Waals surface area (Å²) in [7, 11) is 0. The molecule has 0 amide bonds. The molecule has 0 atom stereocenters. The van der Waals surface area contributed by atoms with Gasteiger partial charge in [-0.1, -0.05) is 19.3 Å². The lowest BCUT2D eigenvalue weighted by Gasteiger charge is -2.33. The number of carboxylic acid groups (broad SMARTS) is 1. The molecular weight excluding hydrogens is 256 g/mol. The number of fused-ring (bicyclic) bond motifs is 1. The van der Waals surface area contributed by atoms with E-state index in [1.807, 2.05) is 6.07 Å². The van der Waals surface area contributed by atoms with Crippen LogP contribution < -0.4 is 5.32 Å². The summed E-state index contributed by atoms with van der Waals surface area (Å²) in [6.45, 7) is 0.417. The molecule has 0 aromatic carbocycles. The summed E-state index contributed by atoms with van der Waals surface area (Å²) in [4.78, 5) is 15.9. The number of hydrogen-bond donors (Lipinski definition) is 2. The molecule has 2 heterocycles. The Morgan fingerprint density at radius 1 is 1.35 bits per heavy atom. The highest BCUT2D eigenvalue weighted by atomic mass is 16.4. The second kappa shape index (κ2) is 5.11. The van der Waals surface area contributed by atoms with Crippen molar-refractivity contribution in [2.24, 2.45) is 5.41 Å². The van der Waals surface area contributed by atoms with Crippen LogP contribution in [0.5, 0.6) is 0 Å². The zero-order valence-electron chi connectivity index (χ0n) is 11.2. The zero-order valence-corrected chi connectivity index (χ0v) is 11.2. The van der Waals surface area contributed by atoms with Crippen molar-refractivity contribution >= 4 is 17.3 Å². The van der Waals surface area contributed by atoms with Gasteiger partial charge in [-0.05, 0) is 18.9 Å². The molecule has 106 valence electrons. The summed E-state index contributed by atoms with van der Waals surface area (Å²) in [5.41, 5.74) is 0.205. The van der Waals surface area contributed by atoms with Crippen molar-refractivity contribution in [1.29, 1.82) is 0 Å². The fraction of sp³-hybridized carbons (Fsp3) is 0.500. The number of nitrogens with one attached hydrogen (secondary N) is 1. The van der Waals surface area contributed by atoms with Crippen LogP contribution in [0.3, 0.4) is 0 Å². The number of anilines is 1. The predicted molar refractivity (Wildman–Crippen MR) is 74.6 cm³/mol. The van der Waals surface area contributed by atoms with E-state index in [1.165, 1.54) is 0 Å². The molecule has 2 aromatic rings. The molecule has 1 aliphatic carbocycles. The molecule has 3 rings (SSSR count). The predicted octanol–water partition coefficient (Wildman–Crippen LogP) is 2.18. The second-order valence-electron chi connectivity index (χ2n) is 5.44. The molecule has 0 aliphatic heterocycles. The quantitative estimate of drug-likeness (QED) is 0.893. The molecule has 0 radical (unpaired) electrons. The van der Waals surface area contributed by atoms with Crippen LogP contribution in [-0.2, 0) is 4.79 Å². The van der Waals surface area contributed by atoms with Crippen molar-refractivity contribution in [3.63, 3.8) is 0 Å². The first-order chi connectivity index (χ1) is 9.71. The van der Waals surface area contributed by atoms with Crippen LogP contribution in [0.25, 0.3) is 5.52 Å². The lowest BCUT2D eigenvalue weighted by molar-refractivity contribution is -0.150. The van der Waals surface area contributed by atoms with Gasteiger partial charge in [0.05, 0.1) is 11.6 Å². The van der Waals surface area contributed by atoms with E-state index < -0.39 is 11.4 Å². The van der Waals surface area contributed by atoms with Crippen LogP contribution in [0.2, 0.25) is 0 Å². The number of rotatable bonds is 4. The van der Waals surface area contributed by atoms with E-state index in [0.29, 0.717) is 12.4 Å². The van der Waals surface area contributed by atoms with Crippen molar-refractivity contribution in [1.82, 2.24) is 14.6 Å². The molecule has 1 aliphatic rings. The Morgan fingerprint density at radius 2 is 2.15 bits per heavy atom. The topological polar surface area (TPSA) is 79.5 Å². The van der Waals surface area contributed by atoms with Crippen LogP contribution in [0.4, 0.5) is 5.82 Å². The third kappa shape index (κ3) is 2.21. The molecule has 2 N–H and O–H groups in total. The highest BCUT2D eigenvalue weighted by molar-refractivity contribution is 5.76. The molecule has 0 spiro atoms. The molecule has 1 saturated carbocycles. The summed E-state index contributed by atoms with van der Waals surface area (Å²) in [6, 6.07) is 1.86. The summed E-state index contributed by atoms with van der Waals surface area (Å²) >= 11 is 0. The maximum Gasteiger partial charge on any atom is 0.311 e. The Morgan fingerprint density at radius 3 is 2.90 bits per heavy atom. The van der Waals surface area contributed by atoms with Gasteiger partial charge < -0.3 is 10.4 Å². The third-order valence-corrected chi connectivity index (χ3v) is 4.18. The van der Waals surface area contributed by atoms with Crippen LogP contribution >= 0.6 is 0 Å². The van der Waals surface area contributed by atoms with E-state index in [0.717, 1.165) is 37.6 Å². The first-order valence-corrected chi connectivity index (χ1v) is 6.97. The first-order valence-electron chi connectivity index (χ1n) is 6.97. The van der Waals surface area contributed by atoms with Crippen LogP contribution in [0.15, 0.2) is 24.7 Å². The maximum absolute atomic E-state index is 11.6. The molecule has 1 fully saturated rings. The van der Waals surface area contributed by atoms with Gasteiger partial charge in [0.15, 0.2) is 5.82 Å². The van der Waals surface area contributed by atoms with Gasteiger partial charge in [0.25, 0.3) is 0 Å². The van der Waals surface area contributed by atoms with E-state index in [1.54, 1.807) is 23.1 Å². The minimum absolute atomic E-state index is 0.417. The number of carboxylic acids is 1. The van der Waals surface area contributed by atoms with E-state index in [9.17, 15) is 9.90 Å². The fourth-order valence-corrected chi connectivity index (χ4v) is 2.94. The lowest BCUT2D eigenvalue weighted by atomic mass is 9.74. The summed E-state index contributed by atoms with van der Waals surface area (Å²) in [5.74, 6) is -0.0126. The SMILES string of the molecule is O=C(O)C1(CNc2nccn3nccc23)CCCCC1. The smallest absolute Gasteiger partial charge is 0.311 e. The molecule has 0 saturated heterocycles. The molecule has 6 heteroatoms. The van der Waals surface area contributed by atoms with Gasteiger partial charge in [0, 0.05) is 18.9 Å². The molecule has 2 aromatic heterocycles. The zero-order chi connectivity index (χ0) is 14.0. The van der Waals surface area contributed by atoms with E-state index in [-0.39, 0.29) is 0 Å². The summed E-state index contributed by atoms with van der Waals surface area (Å²) in [5, 5.41) is 16.9. The molecule has 0 unspecified atom stereocenters. The fourth-order valence-electron chi connectivity index (χ4n) is 2.94. The van der Waals surface area contributed by atoms with Gasteiger partial charge in [-0.15, -0.1) is 0 Å². The Kier molecular flexibility index (Phi) is 3.30.